The Labute approximate surface area is 154 Å². The summed E-state index contributed by atoms with van der Waals surface area (Å²) in [5.74, 6) is 1.10. The van der Waals surface area contributed by atoms with Crippen LogP contribution in [0.1, 0.15) is 82.6 Å². The molecule has 0 spiro atoms. The van der Waals surface area contributed by atoms with Gasteiger partial charge in [0.25, 0.3) is 0 Å². The van der Waals surface area contributed by atoms with Crippen molar-refractivity contribution in [1.82, 2.24) is 0 Å². The standard InChI is InChI=1S/C25H32/c1-16(2)19-11-20(17(3)4)13-21(12-19)23-10-8-9-18-14-22(15-24(18)23)25(5,6)7/h8-13,15-17H,14H2,1-7H3. The van der Waals surface area contributed by atoms with E-state index in [1.165, 1.54) is 33.4 Å². The van der Waals surface area contributed by atoms with E-state index in [-0.39, 0.29) is 5.41 Å². The van der Waals surface area contributed by atoms with Crippen LogP contribution in [0.5, 0.6) is 0 Å². The number of allylic oxidation sites excluding steroid dienone is 1. The summed E-state index contributed by atoms with van der Waals surface area (Å²) in [6.45, 7) is 16.1. The molecule has 0 nitrogen and oxygen atoms in total. The van der Waals surface area contributed by atoms with Crippen LogP contribution in [0, 0.1) is 5.41 Å². The lowest BCUT2D eigenvalue weighted by Gasteiger charge is -2.19. The SMILES string of the molecule is CC(C)c1cc(-c2cccc3c2C=C(C(C)(C)C)C3)cc(C(C)C)c1. The summed E-state index contributed by atoms with van der Waals surface area (Å²) in [4.78, 5) is 0. The van der Waals surface area contributed by atoms with Gasteiger partial charge in [-0.05, 0) is 57.1 Å². The fraction of sp³-hybridized carbons (Fsp3) is 0.440. The highest BCUT2D eigenvalue weighted by molar-refractivity contribution is 5.81. The molecule has 25 heavy (non-hydrogen) atoms. The van der Waals surface area contributed by atoms with E-state index in [0.717, 1.165) is 6.42 Å². The van der Waals surface area contributed by atoms with Crippen LogP contribution in [-0.4, -0.2) is 0 Å². The van der Waals surface area contributed by atoms with E-state index >= 15 is 0 Å². The minimum Gasteiger partial charge on any atom is -0.0613 e. The van der Waals surface area contributed by atoms with Gasteiger partial charge in [0.05, 0.1) is 0 Å². The zero-order valence-corrected chi connectivity index (χ0v) is 16.9. The summed E-state index contributed by atoms with van der Waals surface area (Å²) < 4.78 is 0. The van der Waals surface area contributed by atoms with Crippen LogP contribution in [-0.2, 0) is 6.42 Å². The van der Waals surface area contributed by atoms with E-state index in [1.54, 1.807) is 5.57 Å². The fourth-order valence-electron chi connectivity index (χ4n) is 3.60. The number of hydrogen-bond donors (Lipinski definition) is 0. The highest BCUT2D eigenvalue weighted by Crippen LogP contribution is 2.41. The molecule has 2 aromatic carbocycles. The largest absolute Gasteiger partial charge is 0.0613 e. The lowest BCUT2D eigenvalue weighted by Crippen LogP contribution is -2.08. The second kappa shape index (κ2) is 6.48. The van der Waals surface area contributed by atoms with Gasteiger partial charge in [-0.1, -0.05) is 96.5 Å². The second-order valence-corrected chi connectivity index (χ2v) is 9.17. The molecule has 0 saturated carbocycles. The molecule has 132 valence electrons. The van der Waals surface area contributed by atoms with Gasteiger partial charge in [0, 0.05) is 0 Å². The average Bonchev–Trinajstić information content (AvgIpc) is 2.98. The molecule has 0 saturated heterocycles. The van der Waals surface area contributed by atoms with Crippen LogP contribution in [0.3, 0.4) is 0 Å². The van der Waals surface area contributed by atoms with Crippen molar-refractivity contribution in [2.45, 2.75) is 66.7 Å². The summed E-state index contributed by atoms with van der Waals surface area (Å²) in [5, 5.41) is 0. The first-order chi connectivity index (χ1) is 11.7. The van der Waals surface area contributed by atoms with Crippen molar-refractivity contribution in [3.63, 3.8) is 0 Å². The molecule has 0 atom stereocenters. The van der Waals surface area contributed by atoms with Gasteiger partial charge in [0.1, 0.15) is 0 Å². The van der Waals surface area contributed by atoms with E-state index in [2.05, 4.69) is 90.9 Å². The van der Waals surface area contributed by atoms with E-state index in [0.29, 0.717) is 11.8 Å². The molecule has 0 N–H and O–H groups in total. The van der Waals surface area contributed by atoms with Gasteiger partial charge in [0.2, 0.25) is 0 Å². The molecule has 1 aliphatic carbocycles. The van der Waals surface area contributed by atoms with Crippen LogP contribution < -0.4 is 0 Å². The molecule has 0 heteroatoms. The summed E-state index contributed by atoms with van der Waals surface area (Å²) in [7, 11) is 0. The average molecular weight is 333 g/mol. The number of fused-ring (bicyclic) bond motifs is 1. The Bertz CT molecular complexity index is 784. The van der Waals surface area contributed by atoms with E-state index in [1.807, 2.05) is 0 Å². The number of rotatable bonds is 3. The van der Waals surface area contributed by atoms with Crippen LogP contribution in [0.25, 0.3) is 17.2 Å². The molecular formula is C25H32. The maximum absolute atomic E-state index is 2.45. The van der Waals surface area contributed by atoms with Gasteiger partial charge in [-0.15, -0.1) is 0 Å². The monoisotopic (exact) mass is 332 g/mol. The van der Waals surface area contributed by atoms with Crippen molar-refractivity contribution in [1.29, 1.82) is 0 Å². The molecule has 0 radical (unpaired) electrons. The Kier molecular flexibility index (Phi) is 4.66. The van der Waals surface area contributed by atoms with E-state index in [9.17, 15) is 0 Å². The first kappa shape index (κ1) is 18.0. The molecule has 0 amide bonds. The molecule has 1 aliphatic rings. The Morgan fingerprint density at radius 2 is 1.44 bits per heavy atom. The van der Waals surface area contributed by atoms with Gasteiger partial charge in [-0.25, -0.2) is 0 Å². The van der Waals surface area contributed by atoms with Crippen molar-refractivity contribution < 1.29 is 0 Å². The summed E-state index contributed by atoms with van der Waals surface area (Å²) >= 11 is 0. The van der Waals surface area contributed by atoms with Crippen molar-refractivity contribution in [3.8, 4) is 11.1 Å². The molecule has 3 rings (SSSR count). The predicted molar refractivity (Wildman–Crippen MR) is 111 cm³/mol. The van der Waals surface area contributed by atoms with Gasteiger partial charge in [-0.3, -0.25) is 0 Å². The quantitative estimate of drug-likeness (QED) is 0.543. The topological polar surface area (TPSA) is 0 Å². The highest BCUT2D eigenvalue weighted by Gasteiger charge is 2.24. The number of benzene rings is 2. The van der Waals surface area contributed by atoms with E-state index < -0.39 is 0 Å². The van der Waals surface area contributed by atoms with Crippen LogP contribution in [0.4, 0.5) is 0 Å². The third-order valence-corrected chi connectivity index (χ3v) is 5.48. The Morgan fingerprint density at radius 1 is 0.840 bits per heavy atom. The summed E-state index contributed by atoms with van der Waals surface area (Å²) in [6.07, 6.45) is 3.54. The first-order valence-corrected chi connectivity index (χ1v) is 9.65. The summed E-state index contributed by atoms with van der Waals surface area (Å²) in [6, 6.07) is 14.0. The van der Waals surface area contributed by atoms with Crippen molar-refractivity contribution >= 4 is 6.08 Å². The second-order valence-electron chi connectivity index (χ2n) is 9.17. The molecule has 2 aromatic rings. The molecule has 0 unspecified atom stereocenters. The lowest BCUT2D eigenvalue weighted by molar-refractivity contribution is 0.498. The Morgan fingerprint density at radius 3 is 1.96 bits per heavy atom. The van der Waals surface area contributed by atoms with Crippen LogP contribution in [0.15, 0.2) is 42.0 Å². The highest BCUT2D eigenvalue weighted by atomic mass is 14.3. The molecular weight excluding hydrogens is 300 g/mol. The fourth-order valence-corrected chi connectivity index (χ4v) is 3.60. The van der Waals surface area contributed by atoms with E-state index in [4.69, 9.17) is 0 Å². The first-order valence-electron chi connectivity index (χ1n) is 9.65. The van der Waals surface area contributed by atoms with Crippen molar-refractivity contribution in [2.75, 3.05) is 0 Å². The third-order valence-electron chi connectivity index (χ3n) is 5.48. The number of hydrogen-bond acceptors (Lipinski definition) is 0. The zero-order valence-electron chi connectivity index (χ0n) is 16.9. The van der Waals surface area contributed by atoms with Gasteiger partial charge >= 0.3 is 0 Å². The lowest BCUT2D eigenvalue weighted by atomic mass is 9.85. The van der Waals surface area contributed by atoms with Crippen molar-refractivity contribution in [2.24, 2.45) is 5.41 Å². The smallest absolute Gasteiger partial charge is 0.00523 e. The maximum Gasteiger partial charge on any atom is -0.00523 e. The van der Waals surface area contributed by atoms with Crippen LogP contribution in [0.2, 0.25) is 0 Å². The molecule has 0 aliphatic heterocycles. The van der Waals surface area contributed by atoms with Crippen molar-refractivity contribution in [3.05, 3.63) is 64.2 Å². The Hall–Kier alpha value is -1.82. The third kappa shape index (κ3) is 3.59. The maximum atomic E-state index is 2.45. The minimum absolute atomic E-state index is 0.235. The predicted octanol–water partition coefficient (Wildman–Crippen LogP) is 7.59. The zero-order chi connectivity index (χ0) is 18.4. The molecule has 0 aromatic heterocycles. The van der Waals surface area contributed by atoms with Crippen LogP contribution >= 0.6 is 0 Å². The van der Waals surface area contributed by atoms with Gasteiger partial charge in [0.15, 0.2) is 0 Å². The molecule has 0 fully saturated rings. The normalized spacial score (nSPS) is 14.2. The Balaban J connectivity index is 2.17. The van der Waals surface area contributed by atoms with Gasteiger partial charge < -0.3 is 0 Å². The van der Waals surface area contributed by atoms with Gasteiger partial charge in [-0.2, -0.15) is 0 Å². The molecule has 0 bridgehead atoms. The summed E-state index contributed by atoms with van der Waals surface area (Å²) in [5.41, 5.74) is 10.3. The minimum atomic E-state index is 0.235. The molecule has 0 heterocycles.